The summed E-state index contributed by atoms with van der Waals surface area (Å²) in [5.41, 5.74) is 2.50. The summed E-state index contributed by atoms with van der Waals surface area (Å²) in [5, 5.41) is 13.6. The first-order valence-electron chi connectivity index (χ1n) is 12.6. The van der Waals surface area contributed by atoms with Crippen molar-refractivity contribution in [2.45, 2.75) is 71.4 Å². The van der Waals surface area contributed by atoms with Crippen LogP contribution in [0.3, 0.4) is 0 Å². The minimum Gasteiger partial charge on any atom is -0.480 e. The average Bonchev–Trinajstić information content (AvgIpc) is 3.18. The van der Waals surface area contributed by atoms with Crippen LogP contribution in [-0.4, -0.2) is 41.5 Å². The third-order valence-corrected chi connectivity index (χ3v) is 7.86. The second-order valence-electron chi connectivity index (χ2n) is 9.66. The van der Waals surface area contributed by atoms with E-state index in [2.05, 4.69) is 9.88 Å². The van der Waals surface area contributed by atoms with Gasteiger partial charge in [-0.1, -0.05) is 74.8 Å². The van der Waals surface area contributed by atoms with Crippen molar-refractivity contribution >= 4 is 27.7 Å². The smallest absolute Gasteiger partial charge is 0.326 e. The Morgan fingerprint density at radius 1 is 1.08 bits per heavy atom. The number of benzene rings is 2. The molecular weight excluding hydrogens is 506 g/mol. The minimum atomic E-state index is -3.97. The van der Waals surface area contributed by atoms with Gasteiger partial charge in [0.15, 0.2) is 5.82 Å². The molecule has 2 N–H and O–H groups in total. The number of nitrogens with one attached hydrogen (secondary N) is 1. The van der Waals surface area contributed by atoms with E-state index in [0.29, 0.717) is 28.9 Å². The second-order valence-corrected chi connectivity index (χ2v) is 11.3. The van der Waals surface area contributed by atoms with Crippen LogP contribution >= 0.6 is 0 Å². The van der Waals surface area contributed by atoms with Crippen molar-refractivity contribution in [1.82, 2.24) is 10.1 Å². The SMILES string of the molecule is CCCCC(=O)N(Cc1ccc(-c2ccccc2S(=O)(=O)Nc2noc(C)c2C)cc1)C(C(=O)O)C(C)C. The van der Waals surface area contributed by atoms with Crippen LogP contribution in [0.15, 0.2) is 57.9 Å². The van der Waals surface area contributed by atoms with E-state index in [1.165, 1.54) is 11.0 Å². The highest BCUT2D eigenvalue weighted by atomic mass is 32.2. The van der Waals surface area contributed by atoms with Gasteiger partial charge in [-0.15, -0.1) is 0 Å². The Labute approximate surface area is 223 Å². The van der Waals surface area contributed by atoms with Crippen LogP contribution < -0.4 is 4.72 Å². The molecule has 1 amide bonds. The largest absolute Gasteiger partial charge is 0.480 e. The molecule has 10 heteroatoms. The third-order valence-electron chi connectivity index (χ3n) is 6.47. The number of aryl methyl sites for hydroxylation is 1. The fourth-order valence-corrected chi connectivity index (χ4v) is 5.50. The van der Waals surface area contributed by atoms with Crippen molar-refractivity contribution in [3.8, 4) is 11.1 Å². The van der Waals surface area contributed by atoms with Crippen LogP contribution in [0.4, 0.5) is 5.82 Å². The van der Waals surface area contributed by atoms with Gasteiger partial charge in [-0.25, -0.2) is 13.2 Å². The van der Waals surface area contributed by atoms with E-state index in [4.69, 9.17) is 4.52 Å². The topological polar surface area (TPSA) is 130 Å². The van der Waals surface area contributed by atoms with Crippen LogP contribution in [0.1, 0.15) is 56.9 Å². The summed E-state index contributed by atoms with van der Waals surface area (Å²) in [6, 6.07) is 12.8. The first-order valence-corrected chi connectivity index (χ1v) is 14.1. The fourth-order valence-electron chi connectivity index (χ4n) is 4.21. The van der Waals surface area contributed by atoms with Crippen molar-refractivity contribution in [2.75, 3.05) is 4.72 Å². The van der Waals surface area contributed by atoms with E-state index in [0.717, 1.165) is 12.0 Å². The summed E-state index contributed by atoms with van der Waals surface area (Å²) >= 11 is 0. The third kappa shape index (κ3) is 6.61. The summed E-state index contributed by atoms with van der Waals surface area (Å²) in [6.45, 7) is 9.12. The highest BCUT2D eigenvalue weighted by Gasteiger charge is 2.32. The van der Waals surface area contributed by atoms with Gasteiger partial charge in [-0.2, -0.15) is 0 Å². The number of hydrogen-bond donors (Lipinski definition) is 2. The molecule has 3 rings (SSSR count). The maximum Gasteiger partial charge on any atom is 0.326 e. The molecule has 0 saturated heterocycles. The van der Waals surface area contributed by atoms with Crippen LogP contribution in [-0.2, 0) is 26.2 Å². The standard InChI is InChI=1S/C28H35N3O6S/c1-6-7-12-25(32)31(26(18(2)3)28(33)34)17-21-13-15-22(16-14-21)23-10-8-9-11-24(23)38(35,36)30-27-19(4)20(5)37-29-27/h8-11,13-16,18,26H,6-7,12,17H2,1-5H3,(H,29,30)(H,33,34). The highest BCUT2D eigenvalue weighted by Crippen LogP contribution is 2.30. The molecule has 1 unspecified atom stereocenters. The molecule has 1 atom stereocenters. The average molecular weight is 542 g/mol. The molecule has 2 aromatic carbocycles. The minimum absolute atomic E-state index is 0.0786. The Morgan fingerprint density at radius 2 is 1.74 bits per heavy atom. The molecule has 0 radical (unpaired) electrons. The van der Waals surface area contributed by atoms with Gasteiger partial charge < -0.3 is 14.5 Å². The van der Waals surface area contributed by atoms with Crippen molar-refractivity contribution in [2.24, 2.45) is 5.92 Å². The number of nitrogens with zero attached hydrogens (tertiary/aromatic N) is 2. The number of hydrogen-bond acceptors (Lipinski definition) is 6. The lowest BCUT2D eigenvalue weighted by atomic mass is 9.99. The van der Waals surface area contributed by atoms with E-state index in [1.807, 2.05) is 6.92 Å². The van der Waals surface area contributed by atoms with Crippen molar-refractivity contribution in [3.05, 3.63) is 65.4 Å². The van der Waals surface area contributed by atoms with Crippen molar-refractivity contribution in [3.63, 3.8) is 0 Å². The highest BCUT2D eigenvalue weighted by molar-refractivity contribution is 7.92. The lowest BCUT2D eigenvalue weighted by Crippen LogP contribution is -2.47. The summed E-state index contributed by atoms with van der Waals surface area (Å²) in [6.07, 6.45) is 1.81. The summed E-state index contributed by atoms with van der Waals surface area (Å²) < 4.78 is 34.1. The quantitative estimate of drug-likeness (QED) is 0.314. The van der Waals surface area contributed by atoms with Gasteiger partial charge in [0.25, 0.3) is 10.0 Å². The van der Waals surface area contributed by atoms with Gasteiger partial charge in [0, 0.05) is 24.1 Å². The Kier molecular flexibility index (Phi) is 9.32. The molecule has 0 aliphatic carbocycles. The number of carbonyl (C=O) groups is 2. The molecule has 0 saturated carbocycles. The number of anilines is 1. The van der Waals surface area contributed by atoms with E-state index < -0.39 is 22.0 Å². The Hall–Kier alpha value is -3.66. The Bertz CT molecular complexity index is 1380. The molecule has 1 aromatic heterocycles. The number of carbonyl (C=O) groups excluding carboxylic acids is 1. The molecule has 1 heterocycles. The molecule has 0 spiro atoms. The molecule has 0 bridgehead atoms. The predicted molar refractivity (Wildman–Crippen MR) is 145 cm³/mol. The van der Waals surface area contributed by atoms with E-state index in [9.17, 15) is 23.1 Å². The number of amides is 1. The van der Waals surface area contributed by atoms with E-state index >= 15 is 0 Å². The molecule has 204 valence electrons. The van der Waals surface area contributed by atoms with Crippen LogP contribution in [0.5, 0.6) is 0 Å². The molecule has 0 aliphatic rings. The zero-order valence-electron chi connectivity index (χ0n) is 22.4. The Balaban J connectivity index is 1.91. The molecule has 3 aromatic rings. The maximum absolute atomic E-state index is 13.2. The number of aromatic nitrogens is 1. The van der Waals surface area contributed by atoms with Gasteiger partial charge in [0.2, 0.25) is 5.91 Å². The van der Waals surface area contributed by atoms with Crippen LogP contribution in [0.2, 0.25) is 0 Å². The molecule has 0 aliphatic heterocycles. The van der Waals surface area contributed by atoms with Crippen molar-refractivity contribution in [1.29, 1.82) is 0 Å². The Morgan fingerprint density at radius 3 is 2.29 bits per heavy atom. The van der Waals surface area contributed by atoms with Gasteiger partial charge in [0.05, 0.1) is 4.90 Å². The molecule has 9 nitrogen and oxygen atoms in total. The lowest BCUT2D eigenvalue weighted by Gasteiger charge is -2.32. The van der Waals surface area contributed by atoms with Gasteiger partial charge in [-0.05, 0) is 43.4 Å². The maximum atomic E-state index is 13.2. The van der Waals surface area contributed by atoms with E-state index in [-0.39, 0.29) is 35.5 Å². The van der Waals surface area contributed by atoms with Gasteiger partial charge in [-0.3, -0.25) is 9.52 Å². The van der Waals surface area contributed by atoms with Gasteiger partial charge in [0.1, 0.15) is 11.8 Å². The molecular formula is C28H35N3O6S. The molecule has 0 fully saturated rings. The first-order chi connectivity index (χ1) is 18.0. The zero-order chi connectivity index (χ0) is 28.0. The summed E-state index contributed by atoms with van der Waals surface area (Å²) in [7, 11) is -3.97. The van der Waals surface area contributed by atoms with Gasteiger partial charge >= 0.3 is 5.97 Å². The fraction of sp³-hybridized carbons (Fsp3) is 0.393. The summed E-state index contributed by atoms with van der Waals surface area (Å²) in [5.74, 6) is -0.835. The number of sulfonamides is 1. The lowest BCUT2D eigenvalue weighted by molar-refractivity contribution is -0.153. The number of unbranched alkanes of at least 4 members (excludes halogenated alkanes) is 1. The predicted octanol–water partition coefficient (Wildman–Crippen LogP) is 5.39. The van der Waals surface area contributed by atoms with E-state index in [1.54, 1.807) is 70.2 Å². The number of carboxylic acids is 1. The monoisotopic (exact) mass is 541 g/mol. The van der Waals surface area contributed by atoms with Crippen molar-refractivity contribution < 1.29 is 27.6 Å². The summed E-state index contributed by atoms with van der Waals surface area (Å²) in [4.78, 5) is 26.5. The molecule has 38 heavy (non-hydrogen) atoms. The number of aliphatic carboxylic acids is 1. The number of carboxylic acid groups (broad SMARTS) is 1. The second kappa shape index (κ2) is 12.3. The zero-order valence-corrected chi connectivity index (χ0v) is 23.2. The number of rotatable bonds is 12. The van der Waals surface area contributed by atoms with Crippen LogP contribution in [0.25, 0.3) is 11.1 Å². The normalized spacial score (nSPS) is 12.4. The first kappa shape index (κ1) is 28.9. The van der Waals surface area contributed by atoms with Crippen LogP contribution in [0, 0.1) is 19.8 Å².